The number of imidazole rings is 1. The normalized spacial score (nSPS) is 17.3. The average Bonchev–Trinajstić information content (AvgIpc) is 3.14. The topological polar surface area (TPSA) is 71.1 Å². The standard InChI is InChI=1S/C21H24N4O2/c26-21(11-10-20-23-18-8-1-2-9-19(18)24-20)25-13-5-7-17(14-25)27-15-16-6-3-4-12-22-16/h1-4,6,8-9,12,17H,5,7,10-11,13-15H2,(H,23,24)/t17-/m1/s1. The Labute approximate surface area is 158 Å². The molecule has 0 spiro atoms. The average molecular weight is 364 g/mol. The largest absolute Gasteiger partial charge is 0.370 e. The minimum atomic E-state index is 0.0795. The Balaban J connectivity index is 1.27. The number of pyridine rings is 1. The van der Waals surface area contributed by atoms with Crippen molar-refractivity contribution in [3.63, 3.8) is 0 Å². The predicted octanol–water partition coefficient (Wildman–Crippen LogP) is 3.10. The molecule has 1 N–H and O–H groups in total. The van der Waals surface area contributed by atoms with Crippen molar-refractivity contribution in [2.24, 2.45) is 0 Å². The third kappa shape index (κ3) is 4.52. The summed E-state index contributed by atoms with van der Waals surface area (Å²) in [6, 6.07) is 13.7. The molecule has 1 aliphatic heterocycles. The summed E-state index contributed by atoms with van der Waals surface area (Å²) < 4.78 is 5.98. The van der Waals surface area contributed by atoms with Crippen LogP contribution in [0, 0.1) is 0 Å². The number of benzene rings is 1. The van der Waals surface area contributed by atoms with E-state index in [1.807, 2.05) is 47.4 Å². The van der Waals surface area contributed by atoms with Crippen molar-refractivity contribution in [3.05, 3.63) is 60.2 Å². The highest BCUT2D eigenvalue weighted by Gasteiger charge is 2.24. The second-order valence-corrected chi connectivity index (χ2v) is 6.94. The number of rotatable bonds is 6. The molecule has 4 rings (SSSR count). The van der Waals surface area contributed by atoms with Crippen molar-refractivity contribution >= 4 is 16.9 Å². The number of para-hydroxylation sites is 2. The van der Waals surface area contributed by atoms with Crippen LogP contribution in [0.15, 0.2) is 48.7 Å². The van der Waals surface area contributed by atoms with Gasteiger partial charge in [0.1, 0.15) is 5.82 Å². The van der Waals surface area contributed by atoms with E-state index < -0.39 is 0 Å². The molecule has 1 saturated heterocycles. The molecule has 1 amide bonds. The number of aromatic nitrogens is 3. The molecule has 6 heteroatoms. The number of H-pyrrole nitrogens is 1. The van der Waals surface area contributed by atoms with Crippen LogP contribution >= 0.6 is 0 Å². The number of nitrogens with one attached hydrogen (secondary N) is 1. The molecule has 6 nitrogen and oxygen atoms in total. The Bertz CT molecular complexity index is 860. The number of amides is 1. The third-order valence-electron chi connectivity index (χ3n) is 4.94. The van der Waals surface area contributed by atoms with E-state index in [1.165, 1.54) is 0 Å². The van der Waals surface area contributed by atoms with Gasteiger partial charge in [0, 0.05) is 32.1 Å². The Morgan fingerprint density at radius 3 is 2.96 bits per heavy atom. The highest BCUT2D eigenvalue weighted by Crippen LogP contribution is 2.17. The highest BCUT2D eigenvalue weighted by atomic mass is 16.5. The van der Waals surface area contributed by atoms with Crippen LogP contribution in [-0.2, 0) is 22.6 Å². The van der Waals surface area contributed by atoms with Gasteiger partial charge in [0.15, 0.2) is 0 Å². The van der Waals surface area contributed by atoms with E-state index in [1.54, 1.807) is 6.20 Å². The maximum atomic E-state index is 12.6. The molecule has 1 atom stereocenters. The molecule has 3 heterocycles. The van der Waals surface area contributed by atoms with Crippen LogP contribution in [0.2, 0.25) is 0 Å². The molecule has 3 aromatic rings. The van der Waals surface area contributed by atoms with Gasteiger partial charge in [-0.3, -0.25) is 9.78 Å². The zero-order chi connectivity index (χ0) is 18.5. The fourth-order valence-electron chi connectivity index (χ4n) is 3.49. The van der Waals surface area contributed by atoms with E-state index in [0.29, 0.717) is 26.0 Å². The van der Waals surface area contributed by atoms with Crippen LogP contribution in [0.5, 0.6) is 0 Å². The summed E-state index contributed by atoms with van der Waals surface area (Å²) in [5.74, 6) is 1.03. The minimum Gasteiger partial charge on any atom is -0.370 e. The van der Waals surface area contributed by atoms with Crippen molar-refractivity contribution in [2.45, 2.75) is 38.4 Å². The Morgan fingerprint density at radius 2 is 2.11 bits per heavy atom. The lowest BCUT2D eigenvalue weighted by Crippen LogP contribution is -2.43. The van der Waals surface area contributed by atoms with Crippen LogP contribution in [-0.4, -0.2) is 45.0 Å². The number of carbonyl (C=O) groups excluding carboxylic acids is 1. The van der Waals surface area contributed by atoms with E-state index >= 15 is 0 Å². The summed E-state index contributed by atoms with van der Waals surface area (Å²) in [6.45, 7) is 1.96. The summed E-state index contributed by atoms with van der Waals surface area (Å²) in [5.41, 5.74) is 2.88. The summed E-state index contributed by atoms with van der Waals surface area (Å²) >= 11 is 0. The molecular formula is C21H24N4O2. The fourth-order valence-corrected chi connectivity index (χ4v) is 3.49. The molecule has 27 heavy (non-hydrogen) atoms. The first-order chi connectivity index (χ1) is 13.3. The van der Waals surface area contributed by atoms with Crippen LogP contribution in [0.1, 0.15) is 30.8 Å². The number of ether oxygens (including phenoxy) is 1. The fraction of sp³-hybridized carbons (Fsp3) is 0.381. The summed E-state index contributed by atoms with van der Waals surface area (Å²) in [6.07, 6.45) is 4.91. The van der Waals surface area contributed by atoms with Gasteiger partial charge < -0.3 is 14.6 Å². The van der Waals surface area contributed by atoms with Gasteiger partial charge >= 0.3 is 0 Å². The number of carbonyl (C=O) groups is 1. The van der Waals surface area contributed by atoms with Crippen molar-refractivity contribution in [1.29, 1.82) is 0 Å². The van der Waals surface area contributed by atoms with Gasteiger partial charge in [0.2, 0.25) is 5.91 Å². The number of aromatic amines is 1. The third-order valence-corrected chi connectivity index (χ3v) is 4.94. The van der Waals surface area contributed by atoms with Gasteiger partial charge in [0.25, 0.3) is 0 Å². The van der Waals surface area contributed by atoms with E-state index in [-0.39, 0.29) is 12.0 Å². The van der Waals surface area contributed by atoms with Crippen molar-refractivity contribution < 1.29 is 9.53 Å². The predicted molar refractivity (Wildman–Crippen MR) is 103 cm³/mol. The number of nitrogens with zero attached hydrogens (tertiary/aromatic N) is 3. The molecule has 1 aromatic carbocycles. The van der Waals surface area contributed by atoms with Gasteiger partial charge in [-0.15, -0.1) is 0 Å². The number of piperidine rings is 1. The second-order valence-electron chi connectivity index (χ2n) is 6.94. The number of aryl methyl sites for hydroxylation is 1. The maximum Gasteiger partial charge on any atom is 0.223 e. The van der Waals surface area contributed by atoms with E-state index in [2.05, 4.69) is 15.0 Å². The molecule has 0 aliphatic carbocycles. The molecule has 1 fully saturated rings. The smallest absolute Gasteiger partial charge is 0.223 e. The minimum absolute atomic E-state index is 0.0795. The van der Waals surface area contributed by atoms with Crippen molar-refractivity contribution in [1.82, 2.24) is 19.9 Å². The summed E-state index contributed by atoms with van der Waals surface area (Å²) in [5, 5.41) is 0. The van der Waals surface area contributed by atoms with Gasteiger partial charge in [-0.25, -0.2) is 4.98 Å². The van der Waals surface area contributed by atoms with Gasteiger partial charge in [-0.2, -0.15) is 0 Å². The highest BCUT2D eigenvalue weighted by molar-refractivity contribution is 5.77. The summed E-state index contributed by atoms with van der Waals surface area (Å²) in [7, 11) is 0. The lowest BCUT2D eigenvalue weighted by atomic mass is 10.1. The zero-order valence-corrected chi connectivity index (χ0v) is 15.3. The van der Waals surface area contributed by atoms with E-state index in [0.717, 1.165) is 41.9 Å². The zero-order valence-electron chi connectivity index (χ0n) is 15.3. The first-order valence-electron chi connectivity index (χ1n) is 9.51. The molecule has 0 bridgehead atoms. The van der Waals surface area contributed by atoms with Crippen LogP contribution in [0.25, 0.3) is 11.0 Å². The monoisotopic (exact) mass is 364 g/mol. The van der Waals surface area contributed by atoms with E-state index in [4.69, 9.17) is 4.74 Å². The first-order valence-corrected chi connectivity index (χ1v) is 9.51. The van der Waals surface area contributed by atoms with Crippen LogP contribution in [0.3, 0.4) is 0 Å². The lowest BCUT2D eigenvalue weighted by Gasteiger charge is -2.32. The van der Waals surface area contributed by atoms with Crippen molar-refractivity contribution in [3.8, 4) is 0 Å². The summed E-state index contributed by atoms with van der Waals surface area (Å²) in [4.78, 5) is 26.7. The lowest BCUT2D eigenvalue weighted by molar-refractivity contribution is -0.135. The number of hydrogen-bond donors (Lipinski definition) is 1. The van der Waals surface area contributed by atoms with Crippen LogP contribution in [0.4, 0.5) is 0 Å². The number of fused-ring (bicyclic) bond motifs is 1. The molecule has 2 aromatic heterocycles. The number of hydrogen-bond acceptors (Lipinski definition) is 4. The van der Waals surface area contributed by atoms with E-state index in [9.17, 15) is 4.79 Å². The molecule has 140 valence electrons. The van der Waals surface area contributed by atoms with Crippen molar-refractivity contribution in [2.75, 3.05) is 13.1 Å². The molecule has 0 saturated carbocycles. The van der Waals surface area contributed by atoms with Gasteiger partial charge in [0.05, 0.1) is 29.4 Å². The second kappa shape index (κ2) is 8.31. The Kier molecular flexibility index (Phi) is 5.44. The molecular weight excluding hydrogens is 340 g/mol. The molecule has 1 aliphatic rings. The SMILES string of the molecule is O=C(CCc1nc2ccccc2[nH]1)N1CCC[C@@H](OCc2ccccn2)C1. The Hall–Kier alpha value is -2.73. The number of likely N-dealkylation sites (tertiary alicyclic amines) is 1. The molecule has 0 unspecified atom stereocenters. The van der Waals surface area contributed by atoms with Gasteiger partial charge in [-0.05, 0) is 37.1 Å². The van der Waals surface area contributed by atoms with Crippen LogP contribution < -0.4 is 0 Å². The Morgan fingerprint density at radius 1 is 1.22 bits per heavy atom. The quantitative estimate of drug-likeness (QED) is 0.730. The maximum absolute atomic E-state index is 12.6. The first kappa shape index (κ1) is 17.7. The van der Waals surface area contributed by atoms with Gasteiger partial charge in [-0.1, -0.05) is 18.2 Å². The molecule has 0 radical (unpaired) electrons.